The molecule has 1 aromatic heterocycles. The highest BCUT2D eigenvalue weighted by Crippen LogP contribution is 2.22. The third kappa shape index (κ3) is 4.89. The highest BCUT2D eigenvalue weighted by Gasteiger charge is 2.22. The molecule has 2 aromatic carbocycles. The first-order chi connectivity index (χ1) is 14.1. The number of amides is 1. The maximum absolute atomic E-state index is 12.6. The van der Waals surface area contributed by atoms with Gasteiger partial charge in [-0.3, -0.25) is 4.79 Å². The van der Waals surface area contributed by atoms with Gasteiger partial charge in [-0.2, -0.15) is 0 Å². The molecule has 6 nitrogen and oxygen atoms in total. The molecule has 0 unspecified atom stereocenters. The van der Waals surface area contributed by atoms with Gasteiger partial charge < -0.3 is 10.6 Å². The van der Waals surface area contributed by atoms with Gasteiger partial charge in [0, 0.05) is 6.54 Å². The van der Waals surface area contributed by atoms with E-state index in [4.69, 9.17) is 0 Å². The van der Waals surface area contributed by atoms with Gasteiger partial charge in [0.1, 0.15) is 0 Å². The number of hydrogen-bond acceptors (Lipinski definition) is 4. The number of carbonyl (C=O) groups is 1. The van der Waals surface area contributed by atoms with E-state index in [9.17, 15) is 4.79 Å². The van der Waals surface area contributed by atoms with E-state index in [0.29, 0.717) is 18.3 Å². The molecule has 0 atom stereocenters. The number of carbonyl (C=O) groups excluding carboxylic acids is 1. The van der Waals surface area contributed by atoms with Crippen LogP contribution in [0.5, 0.6) is 0 Å². The van der Waals surface area contributed by atoms with Gasteiger partial charge in [-0.1, -0.05) is 59.3 Å². The lowest BCUT2D eigenvalue weighted by Crippen LogP contribution is -2.30. The Bertz CT molecular complexity index is 993. The molecule has 1 fully saturated rings. The van der Waals surface area contributed by atoms with Crippen LogP contribution in [-0.4, -0.2) is 34.0 Å². The van der Waals surface area contributed by atoms with Crippen molar-refractivity contribution in [3.63, 3.8) is 0 Å². The van der Waals surface area contributed by atoms with Crippen LogP contribution in [0.2, 0.25) is 0 Å². The van der Waals surface area contributed by atoms with Crippen molar-refractivity contribution >= 4 is 18.3 Å². The molecule has 0 bridgehead atoms. The van der Waals surface area contributed by atoms with Gasteiger partial charge in [-0.25, -0.2) is 4.68 Å². The van der Waals surface area contributed by atoms with E-state index in [1.165, 1.54) is 16.7 Å². The summed E-state index contributed by atoms with van der Waals surface area (Å²) >= 11 is 0. The number of nitrogens with zero attached hydrogens (tertiary/aromatic N) is 3. The minimum Gasteiger partial charge on any atom is -0.347 e. The number of aromatic nitrogens is 3. The van der Waals surface area contributed by atoms with E-state index in [1.54, 1.807) is 0 Å². The molecule has 4 rings (SSSR count). The average Bonchev–Trinajstić information content (AvgIpc) is 3.14. The summed E-state index contributed by atoms with van der Waals surface area (Å²) in [6, 6.07) is 17.1. The smallest absolute Gasteiger partial charge is 0.274 e. The number of nitrogens with one attached hydrogen (secondary N) is 2. The van der Waals surface area contributed by atoms with Crippen LogP contribution in [0.4, 0.5) is 0 Å². The topological polar surface area (TPSA) is 71.8 Å². The molecule has 158 valence electrons. The third-order valence-corrected chi connectivity index (χ3v) is 5.56. The molecule has 0 saturated carbocycles. The summed E-state index contributed by atoms with van der Waals surface area (Å²) < 4.78 is 1.91. The summed E-state index contributed by atoms with van der Waals surface area (Å²) in [4.78, 5) is 12.6. The Morgan fingerprint density at radius 1 is 1.10 bits per heavy atom. The molecule has 3 aromatic rings. The normalized spacial score (nSPS) is 14.2. The quantitative estimate of drug-likeness (QED) is 0.651. The summed E-state index contributed by atoms with van der Waals surface area (Å²) in [6.07, 6.45) is 2.02. The summed E-state index contributed by atoms with van der Waals surface area (Å²) in [7, 11) is 0. The predicted octanol–water partition coefficient (Wildman–Crippen LogP) is 3.84. The van der Waals surface area contributed by atoms with Gasteiger partial charge in [0.2, 0.25) is 0 Å². The molecule has 30 heavy (non-hydrogen) atoms. The maximum Gasteiger partial charge on any atom is 0.274 e. The fourth-order valence-corrected chi connectivity index (χ4v) is 3.85. The van der Waals surface area contributed by atoms with Crippen molar-refractivity contribution in [3.8, 4) is 11.1 Å². The standard InChI is InChI=1S/C23H27N5O.ClH/c1-16-4-3-5-20(14-16)19-8-6-18(7-9-19)15-25-23(29)22-17(2)28(27-26-22)21-10-12-24-13-11-21;/h3-9,14,21,24H,10-13,15H2,1-2H3,(H,25,29);1H. The van der Waals surface area contributed by atoms with Crippen molar-refractivity contribution in [2.24, 2.45) is 0 Å². The minimum absolute atomic E-state index is 0. The maximum atomic E-state index is 12.6. The van der Waals surface area contributed by atoms with Crippen LogP contribution in [0.25, 0.3) is 11.1 Å². The molecule has 1 aliphatic heterocycles. The molecule has 0 aliphatic carbocycles. The first-order valence-corrected chi connectivity index (χ1v) is 10.2. The van der Waals surface area contributed by atoms with Crippen molar-refractivity contribution in [2.75, 3.05) is 13.1 Å². The molecule has 1 amide bonds. The lowest BCUT2D eigenvalue weighted by atomic mass is 10.0. The Labute approximate surface area is 183 Å². The Morgan fingerprint density at radius 3 is 2.53 bits per heavy atom. The molecule has 2 N–H and O–H groups in total. The summed E-state index contributed by atoms with van der Waals surface area (Å²) in [5.74, 6) is -0.176. The van der Waals surface area contributed by atoms with Crippen LogP contribution < -0.4 is 10.6 Å². The summed E-state index contributed by atoms with van der Waals surface area (Å²) in [6.45, 7) is 6.44. The van der Waals surface area contributed by atoms with Gasteiger partial charge >= 0.3 is 0 Å². The van der Waals surface area contributed by atoms with Crippen LogP contribution in [0.15, 0.2) is 48.5 Å². The Morgan fingerprint density at radius 2 is 1.83 bits per heavy atom. The highest BCUT2D eigenvalue weighted by molar-refractivity contribution is 5.93. The van der Waals surface area contributed by atoms with E-state index >= 15 is 0 Å². The molecule has 0 radical (unpaired) electrons. The number of aryl methyl sites for hydroxylation is 1. The number of halogens is 1. The summed E-state index contributed by atoms with van der Waals surface area (Å²) in [5, 5.41) is 14.7. The fraction of sp³-hybridized carbons (Fsp3) is 0.348. The van der Waals surface area contributed by atoms with Crippen molar-refractivity contribution in [2.45, 2.75) is 39.3 Å². The second-order valence-electron chi connectivity index (χ2n) is 7.70. The number of hydrogen-bond donors (Lipinski definition) is 2. The molecule has 1 saturated heterocycles. The molecule has 7 heteroatoms. The Balaban J connectivity index is 0.00000256. The van der Waals surface area contributed by atoms with Crippen molar-refractivity contribution in [3.05, 3.63) is 71.0 Å². The third-order valence-electron chi connectivity index (χ3n) is 5.56. The van der Waals surface area contributed by atoms with Crippen LogP contribution >= 0.6 is 12.4 Å². The SMILES string of the molecule is Cc1cccc(-c2ccc(CNC(=O)c3nnn(C4CCNCC4)c3C)cc2)c1.Cl. The van der Waals surface area contributed by atoms with Crippen LogP contribution in [0.1, 0.15) is 46.2 Å². The van der Waals surface area contributed by atoms with E-state index < -0.39 is 0 Å². The number of rotatable bonds is 5. The van der Waals surface area contributed by atoms with Crippen molar-refractivity contribution < 1.29 is 4.79 Å². The lowest BCUT2D eigenvalue weighted by Gasteiger charge is -2.23. The number of piperidine rings is 1. The van der Waals surface area contributed by atoms with Crippen LogP contribution in [-0.2, 0) is 6.54 Å². The summed E-state index contributed by atoms with van der Waals surface area (Å²) in [5.41, 5.74) is 5.92. The van der Waals surface area contributed by atoms with Gasteiger partial charge in [-0.05, 0) is 56.5 Å². The zero-order chi connectivity index (χ0) is 20.2. The predicted molar refractivity (Wildman–Crippen MR) is 121 cm³/mol. The van der Waals surface area contributed by atoms with E-state index in [2.05, 4.69) is 76.4 Å². The average molecular weight is 426 g/mol. The molecular formula is C23H28ClN5O. The van der Waals surface area contributed by atoms with E-state index in [1.807, 2.05) is 11.6 Å². The minimum atomic E-state index is -0.176. The highest BCUT2D eigenvalue weighted by atomic mass is 35.5. The second-order valence-corrected chi connectivity index (χ2v) is 7.70. The van der Waals surface area contributed by atoms with Gasteiger partial charge in [0.05, 0.1) is 11.7 Å². The van der Waals surface area contributed by atoms with Gasteiger partial charge in [0.25, 0.3) is 5.91 Å². The molecule has 0 spiro atoms. The van der Waals surface area contributed by atoms with Gasteiger partial charge in [0.15, 0.2) is 5.69 Å². The van der Waals surface area contributed by atoms with E-state index in [-0.39, 0.29) is 18.3 Å². The molecular weight excluding hydrogens is 398 g/mol. The van der Waals surface area contributed by atoms with Crippen molar-refractivity contribution in [1.29, 1.82) is 0 Å². The molecule has 1 aliphatic rings. The van der Waals surface area contributed by atoms with Crippen LogP contribution in [0, 0.1) is 13.8 Å². The molecule has 2 heterocycles. The van der Waals surface area contributed by atoms with Gasteiger partial charge in [-0.15, -0.1) is 17.5 Å². The van der Waals surface area contributed by atoms with E-state index in [0.717, 1.165) is 37.2 Å². The lowest BCUT2D eigenvalue weighted by molar-refractivity contribution is 0.0945. The second kappa shape index (κ2) is 9.87. The zero-order valence-corrected chi connectivity index (χ0v) is 18.2. The monoisotopic (exact) mass is 425 g/mol. The Hall–Kier alpha value is -2.70. The largest absolute Gasteiger partial charge is 0.347 e. The van der Waals surface area contributed by atoms with Crippen LogP contribution in [0.3, 0.4) is 0 Å². The first-order valence-electron chi connectivity index (χ1n) is 10.2. The fourth-order valence-electron chi connectivity index (χ4n) is 3.85. The first kappa shape index (κ1) is 22.0. The van der Waals surface area contributed by atoms with Crippen molar-refractivity contribution in [1.82, 2.24) is 25.6 Å². The Kier molecular flexibility index (Phi) is 7.24. The number of benzene rings is 2. The zero-order valence-electron chi connectivity index (χ0n) is 17.4.